The normalized spacial score (nSPS) is 12.4. The number of likely N-dealkylation sites (N-methyl/N-ethyl adjacent to an activating group) is 1. The van der Waals surface area contributed by atoms with Crippen molar-refractivity contribution in [1.82, 2.24) is 10.3 Å². The van der Waals surface area contributed by atoms with Gasteiger partial charge in [-0.3, -0.25) is 4.98 Å². The Balaban J connectivity index is 2.28. The first-order valence-electron chi connectivity index (χ1n) is 6.47. The number of hydrogen-bond acceptors (Lipinski definition) is 4. The number of nitrogens with one attached hydrogen (secondary N) is 1. The SMILES string of the molecule is CNC(Cc1ncc(C)c(OC)c1C)c1cc(Br)cs1. The molecule has 2 rings (SSSR count). The summed E-state index contributed by atoms with van der Waals surface area (Å²) in [6, 6.07) is 2.43. The first kappa shape index (κ1) is 15.5. The summed E-state index contributed by atoms with van der Waals surface area (Å²) in [5.41, 5.74) is 3.29. The van der Waals surface area contributed by atoms with Crippen LogP contribution in [0.4, 0.5) is 0 Å². The Morgan fingerprint density at radius 1 is 1.45 bits per heavy atom. The van der Waals surface area contributed by atoms with E-state index < -0.39 is 0 Å². The fraction of sp³-hybridized carbons (Fsp3) is 0.400. The zero-order valence-corrected chi connectivity index (χ0v) is 14.6. The lowest BCUT2D eigenvalue weighted by Crippen LogP contribution is -2.19. The third-order valence-electron chi connectivity index (χ3n) is 3.43. The zero-order valence-electron chi connectivity index (χ0n) is 12.2. The average Bonchev–Trinajstić information content (AvgIpc) is 2.85. The molecule has 0 spiro atoms. The zero-order chi connectivity index (χ0) is 14.7. The molecule has 1 N–H and O–H groups in total. The van der Waals surface area contributed by atoms with E-state index in [-0.39, 0.29) is 6.04 Å². The van der Waals surface area contributed by atoms with Crippen LogP contribution in [-0.4, -0.2) is 19.1 Å². The standard InChI is InChI=1S/C15H19BrN2OS/c1-9-7-18-12(10(2)15(9)19-4)6-13(17-3)14-5-11(16)8-20-14/h5,7-8,13,17H,6H2,1-4H3. The summed E-state index contributed by atoms with van der Waals surface area (Å²) in [5.74, 6) is 0.942. The topological polar surface area (TPSA) is 34.2 Å². The van der Waals surface area contributed by atoms with Crippen molar-refractivity contribution in [3.05, 3.63) is 43.8 Å². The predicted molar refractivity (Wildman–Crippen MR) is 87.8 cm³/mol. The van der Waals surface area contributed by atoms with Crippen LogP contribution in [0.25, 0.3) is 0 Å². The van der Waals surface area contributed by atoms with Crippen molar-refractivity contribution >= 4 is 27.3 Å². The van der Waals surface area contributed by atoms with Gasteiger partial charge in [-0.15, -0.1) is 11.3 Å². The lowest BCUT2D eigenvalue weighted by molar-refractivity contribution is 0.406. The van der Waals surface area contributed by atoms with Gasteiger partial charge in [0.05, 0.1) is 7.11 Å². The van der Waals surface area contributed by atoms with E-state index in [0.717, 1.165) is 33.5 Å². The highest BCUT2D eigenvalue weighted by atomic mass is 79.9. The molecule has 2 heterocycles. The van der Waals surface area contributed by atoms with Crippen LogP contribution in [0, 0.1) is 13.8 Å². The molecular weight excluding hydrogens is 336 g/mol. The van der Waals surface area contributed by atoms with Crippen LogP contribution in [0.3, 0.4) is 0 Å². The molecule has 0 aromatic carbocycles. The number of thiophene rings is 1. The average molecular weight is 355 g/mol. The number of pyridine rings is 1. The van der Waals surface area contributed by atoms with E-state index in [2.05, 4.69) is 44.6 Å². The number of nitrogens with zero attached hydrogens (tertiary/aromatic N) is 1. The second-order valence-corrected chi connectivity index (χ2v) is 6.62. The maximum atomic E-state index is 5.48. The summed E-state index contributed by atoms with van der Waals surface area (Å²) < 4.78 is 6.60. The minimum atomic E-state index is 0.268. The molecule has 0 amide bonds. The second-order valence-electron chi connectivity index (χ2n) is 4.76. The van der Waals surface area contributed by atoms with E-state index in [0.29, 0.717) is 0 Å². The summed E-state index contributed by atoms with van der Waals surface area (Å²) in [4.78, 5) is 5.89. The molecule has 2 aromatic rings. The monoisotopic (exact) mass is 354 g/mol. The lowest BCUT2D eigenvalue weighted by atomic mass is 10.0. The van der Waals surface area contributed by atoms with E-state index in [1.54, 1.807) is 18.4 Å². The van der Waals surface area contributed by atoms with E-state index >= 15 is 0 Å². The number of methoxy groups -OCH3 is 1. The number of ether oxygens (including phenoxy) is 1. The highest BCUT2D eigenvalue weighted by Crippen LogP contribution is 2.30. The Morgan fingerprint density at radius 2 is 2.20 bits per heavy atom. The molecular formula is C15H19BrN2OS. The quantitative estimate of drug-likeness (QED) is 0.879. The van der Waals surface area contributed by atoms with Crippen LogP contribution in [0.2, 0.25) is 0 Å². The summed E-state index contributed by atoms with van der Waals surface area (Å²) in [5, 5.41) is 5.48. The van der Waals surface area contributed by atoms with Crippen LogP contribution in [0.1, 0.15) is 27.7 Å². The number of hydrogen-bond donors (Lipinski definition) is 1. The fourth-order valence-electron chi connectivity index (χ4n) is 2.33. The Bertz CT molecular complexity index is 598. The Kier molecular flexibility index (Phi) is 5.18. The minimum Gasteiger partial charge on any atom is -0.496 e. The minimum absolute atomic E-state index is 0.268. The van der Waals surface area contributed by atoms with E-state index in [4.69, 9.17) is 4.74 Å². The molecule has 0 fully saturated rings. The third kappa shape index (κ3) is 3.22. The molecule has 1 atom stereocenters. The van der Waals surface area contributed by atoms with Crippen molar-refractivity contribution in [2.24, 2.45) is 0 Å². The van der Waals surface area contributed by atoms with Crippen molar-refractivity contribution in [2.45, 2.75) is 26.3 Å². The van der Waals surface area contributed by atoms with E-state index in [1.165, 1.54) is 4.88 Å². The molecule has 0 bridgehead atoms. The largest absolute Gasteiger partial charge is 0.496 e. The number of aromatic nitrogens is 1. The molecule has 0 aliphatic rings. The molecule has 0 radical (unpaired) electrons. The molecule has 5 heteroatoms. The summed E-state index contributed by atoms with van der Waals surface area (Å²) in [6.45, 7) is 4.10. The van der Waals surface area contributed by atoms with Gasteiger partial charge in [-0.1, -0.05) is 0 Å². The van der Waals surface area contributed by atoms with Crippen LogP contribution in [0.15, 0.2) is 22.1 Å². The van der Waals surface area contributed by atoms with Crippen LogP contribution in [0.5, 0.6) is 5.75 Å². The van der Waals surface area contributed by atoms with Gasteiger partial charge in [0.1, 0.15) is 5.75 Å². The predicted octanol–water partition coefficient (Wildman–Crippen LogP) is 4.03. The van der Waals surface area contributed by atoms with Crippen molar-refractivity contribution < 1.29 is 4.74 Å². The van der Waals surface area contributed by atoms with Gasteiger partial charge >= 0.3 is 0 Å². The van der Waals surface area contributed by atoms with E-state index in [1.807, 2.05) is 20.2 Å². The third-order valence-corrected chi connectivity index (χ3v) is 5.23. The van der Waals surface area contributed by atoms with Gasteiger partial charge in [0.25, 0.3) is 0 Å². The Hall–Kier alpha value is -0.910. The first-order chi connectivity index (χ1) is 9.56. The highest BCUT2D eigenvalue weighted by Gasteiger charge is 2.17. The lowest BCUT2D eigenvalue weighted by Gasteiger charge is -2.17. The fourth-order valence-corrected chi connectivity index (χ4v) is 3.88. The maximum Gasteiger partial charge on any atom is 0.128 e. The van der Waals surface area contributed by atoms with Gasteiger partial charge in [-0.2, -0.15) is 0 Å². The van der Waals surface area contributed by atoms with Crippen molar-refractivity contribution in [1.29, 1.82) is 0 Å². The van der Waals surface area contributed by atoms with Crippen molar-refractivity contribution in [2.75, 3.05) is 14.2 Å². The summed E-state index contributed by atoms with van der Waals surface area (Å²) in [7, 11) is 3.70. The Labute approximate surface area is 132 Å². The van der Waals surface area contributed by atoms with Crippen molar-refractivity contribution in [3.63, 3.8) is 0 Å². The number of halogens is 1. The van der Waals surface area contributed by atoms with Gasteiger partial charge in [-0.05, 0) is 42.9 Å². The molecule has 0 saturated carbocycles. The van der Waals surface area contributed by atoms with Crippen LogP contribution >= 0.6 is 27.3 Å². The smallest absolute Gasteiger partial charge is 0.128 e. The molecule has 108 valence electrons. The second kappa shape index (κ2) is 6.70. The molecule has 0 saturated heterocycles. The maximum absolute atomic E-state index is 5.48. The molecule has 2 aromatic heterocycles. The van der Waals surface area contributed by atoms with Gasteiger partial charge < -0.3 is 10.1 Å². The van der Waals surface area contributed by atoms with Crippen LogP contribution in [-0.2, 0) is 6.42 Å². The van der Waals surface area contributed by atoms with Gasteiger partial charge in [-0.25, -0.2) is 0 Å². The van der Waals surface area contributed by atoms with Gasteiger partial charge in [0.15, 0.2) is 0 Å². The first-order valence-corrected chi connectivity index (χ1v) is 8.14. The highest BCUT2D eigenvalue weighted by molar-refractivity contribution is 9.10. The number of rotatable bonds is 5. The molecule has 3 nitrogen and oxygen atoms in total. The molecule has 0 aliphatic heterocycles. The summed E-state index contributed by atoms with van der Waals surface area (Å²) >= 11 is 5.26. The number of aryl methyl sites for hydroxylation is 1. The van der Waals surface area contributed by atoms with Gasteiger partial charge in [0, 0.05) is 50.2 Å². The Morgan fingerprint density at radius 3 is 2.75 bits per heavy atom. The molecule has 0 aliphatic carbocycles. The van der Waals surface area contributed by atoms with E-state index in [9.17, 15) is 0 Å². The van der Waals surface area contributed by atoms with Crippen LogP contribution < -0.4 is 10.1 Å². The summed E-state index contributed by atoms with van der Waals surface area (Å²) in [6.07, 6.45) is 2.74. The molecule has 20 heavy (non-hydrogen) atoms. The molecule has 1 unspecified atom stereocenters. The van der Waals surface area contributed by atoms with Gasteiger partial charge in [0.2, 0.25) is 0 Å². The van der Waals surface area contributed by atoms with Crippen molar-refractivity contribution in [3.8, 4) is 5.75 Å².